The van der Waals surface area contributed by atoms with Crippen LogP contribution in [-0.4, -0.2) is 16.8 Å². The third-order valence-electron chi connectivity index (χ3n) is 6.15. The maximum absolute atomic E-state index is 13.6. The van der Waals surface area contributed by atoms with Crippen LogP contribution in [0, 0.1) is 0 Å². The van der Waals surface area contributed by atoms with E-state index in [2.05, 4.69) is 0 Å². The minimum Gasteiger partial charge on any atom is -0.505 e. The molecule has 1 N–H and O–H groups in total. The summed E-state index contributed by atoms with van der Waals surface area (Å²) in [6.07, 6.45) is -4.60. The number of hydrogen-bond donors (Lipinski definition) is 1. The summed E-state index contributed by atoms with van der Waals surface area (Å²) < 4.78 is 52.0. The predicted octanol–water partition coefficient (Wildman–Crippen LogP) is 5.47. The number of aromatic nitrogens is 1. The van der Waals surface area contributed by atoms with Gasteiger partial charge in [0.1, 0.15) is 21.6 Å². The molecule has 0 radical (unpaired) electrons. The second kappa shape index (κ2) is 7.67. The van der Waals surface area contributed by atoms with E-state index in [0.29, 0.717) is 21.9 Å². The molecule has 0 bridgehead atoms. The largest absolute Gasteiger partial charge is 0.505 e. The fraction of sp³-hybridized carbons (Fsp3) is 0.200. The molecule has 35 heavy (non-hydrogen) atoms. The SMILES string of the molecule is COc1cccc(Sc2c(O)c3c(=O)n4c(cc3oc2=O)C(C)(C)c2ccc(C(F)(F)F)cc2-4)c1. The number of alkyl halides is 3. The van der Waals surface area contributed by atoms with E-state index in [1.807, 2.05) is 0 Å². The molecule has 0 fully saturated rings. The molecule has 1 aliphatic rings. The van der Waals surface area contributed by atoms with Gasteiger partial charge in [-0.15, -0.1) is 0 Å². The second-order valence-corrected chi connectivity index (χ2v) is 9.70. The van der Waals surface area contributed by atoms with Crippen molar-refractivity contribution in [2.24, 2.45) is 0 Å². The number of methoxy groups -OCH3 is 1. The standard InChI is InChI=1S/C25H18F3NO5S/c1-24(2)15-8-7-12(25(26,27)28)9-16(15)29-18(24)11-17-19(22(29)31)20(30)21(23(32)34-17)35-14-6-4-5-13(10-14)33-3/h4-11,30H,1-3H3. The fourth-order valence-corrected chi connectivity index (χ4v) is 5.25. The third kappa shape index (κ3) is 3.51. The van der Waals surface area contributed by atoms with Gasteiger partial charge in [0.25, 0.3) is 5.56 Å². The number of halogens is 3. The molecule has 5 rings (SSSR count). The van der Waals surface area contributed by atoms with Gasteiger partial charge < -0.3 is 14.3 Å². The lowest BCUT2D eigenvalue weighted by Gasteiger charge is -2.20. The molecule has 2 aromatic carbocycles. The Balaban J connectivity index is 1.77. The number of ether oxygens (including phenoxy) is 1. The van der Waals surface area contributed by atoms with Crippen molar-refractivity contribution in [3.8, 4) is 17.2 Å². The zero-order valence-electron chi connectivity index (χ0n) is 18.7. The van der Waals surface area contributed by atoms with Gasteiger partial charge in [-0.25, -0.2) is 4.79 Å². The van der Waals surface area contributed by atoms with E-state index in [4.69, 9.17) is 9.15 Å². The van der Waals surface area contributed by atoms with Crippen LogP contribution >= 0.6 is 11.8 Å². The minimum absolute atomic E-state index is 0.0688. The lowest BCUT2D eigenvalue weighted by atomic mass is 9.83. The summed E-state index contributed by atoms with van der Waals surface area (Å²) in [5, 5.41) is 10.7. The van der Waals surface area contributed by atoms with E-state index in [1.54, 1.807) is 38.1 Å². The monoisotopic (exact) mass is 501 g/mol. The minimum atomic E-state index is -4.60. The quantitative estimate of drug-likeness (QED) is 0.401. The highest BCUT2D eigenvalue weighted by Gasteiger charge is 2.40. The molecule has 0 aliphatic carbocycles. The smallest absolute Gasteiger partial charge is 0.416 e. The number of hydrogen-bond acceptors (Lipinski definition) is 6. The summed E-state index contributed by atoms with van der Waals surface area (Å²) >= 11 is 0.885. The van der Waals surface area contributed by atoms with Crippen molar-refractivity contribution in [3.05, 3.63) is 86.1 Å². The van der Waals surface area contributed by atoms with Crippen molar-refractivity contribution >= 4 is 22.7 Å². The Kier molecular flexibility index (Phi) is 5.06. The summed E-state index contributed by atoms with van der Waals surface area (Å²) in [7, 11) is 1.48. The second-order valence-electron chi connectivity index (χ2n) is 8.61. The average Bonchev–Trinajstić information content (AvgIpc) is 3.02. The van der Waals surface area contributed by atoms with Crippen LogP contribution in [0.4, 0.5) is 13.2 Å². The number of fused-ring (bicyclic) bond motifs is 4. The molecular formula is C25H18F3NO5S. The molecule has 6 nitrogen and oxygen atoms in total. The van der Waals surface area contributed by atoms with E-state index in [1.165, 1.54) is 19.2 Å². The highest BCUT2D eigenvalue weighted by molar-refractivity contribution is 7.99. The van der Waals surface area contributed by atoms with Crippen LogP contribution in [0.3, 0.4) is 0 Å². The van der Waals surface area contributed by atoms with Crippen molar-refractivity contribution in [3.63, 3.8) is 0 Å². The van der Waals surface area contributed by atoms with Crippen LogP contribution in [0.1, 0.15) is 30.7 Å². The first-order valence-corrected chi connectivity index (χ1v) is 11.3. The maximum atomic E-state index is 13.6. The van der Waals surface area contributed by atoms with Crippen LogP contribution in [-0.2, 0) is 11.6 Å². The molecule has 0 unspecified atom stereocenters. The predicted molar refractivity (Wildman–Crippen MR) is 124 cm³/mol. The number of rotatable bonds is 3. The van der Waals surface area contributed by atoms with Gasteiger partial charge in [0.05, 0.1) is 18.4 Å². The maximum Gasteiger partial charge on any atom is 0.416 e. The number of benzene rings is 2. The van der Waals surface area contributed by atoms with Gasteiger partial charge in [-0.3, -0.25) is 9.36 Å². The molecule has 3 heterocycles. The van der Waals surface area contributed by atoms with Gasteiger partial charge in [-0.05, 0) is 35.9 Å². The van der Waals surface area contributed by atoms with Crippen molar-refractivity contribution < 1.29 is 27.4 Å². The molecule has 0 spiro atoms. The zero-order chi connectivity index (χ0) is 25.3. The third-order valence-corrected chi connectivity index (χ3v) is 7.21. The van der Waals surface area contributed by atoms with E-state index < -0.39 is 34.1 Å². The molecule has 0 atom stereocenters. The molecule has 0 saturated heterocycles. The summed E-state index contributed by atoms with van der Waals surface area (Å²) in [6, 6.07) is 11.4. The summed E-state index contributed by atoms with van der Waals surface area (Å²) in [5.74, 6) is -0.0699. The Morgan fingerprint density at radius 2 is 1.83 bits per heavy atom. The van der Waals surface area contributed by atoms with Gasteiger partial charge in [-0.1, -0.05) is 37.7 Å². The van der Waals surface area contributed by atoms with Crippen LogP contribution < -0.4 is 15.9 Å². The van der Waals surface area contributed by atoms with E-state index in [9.17, 15) is 27.9 Å². The molecule has 4 aromatic rings. The summed E-state index contributed by atoms with van der Waals surface area (Å²) in [6.45, 7) is 3.52. The highest BCUT2D eigenvalue weighted by atomic mass is 32.2. The highest BCUT2D eigenvalue weighted by Crippen LogP contribution is 2.45. The Morgan fingerprint density at radius 1 is 1.09 bits per heavy atom. The van der Waals surface area contributed by atoms with E-state index in [0.717, 1.165) is 28.5 Å². The normalized spacial score (nSPS) is 14.1. The molecule has 2 aromatic heterocycles. The molecule has 1 aliphatic heterocycles. The first-order chi connectivity index (χ1) is 16.4. The van der Waals surface area contributed by atoms with E-state index >= 15 is 0 Å². The van der Waals surface area contributed by atoms with Crippen molar-refractivity contribution in [1.82, 2.24) is 4.57 Å². The van der Waals surface area contributed by atoms with Crippen molar-refractivity contribution in [1.29, 1.82) is 0 Å². The lowest BCUT2D eigenvalue weighted by molar-refractivity contribution is -0.137. The fourth-order valence-electron chi connectivity index (χ4n) is 4.37. The van der Waals surface area contributed by atoms with Crippen molar-refractivity contribution in [2.75, 3.05) is 7.11 Å². The van der Waals surface area contributed by atoms with Gasteiger partial charge in [-0.2, -0.15) is 13.2 Å². The molecule has 0 amide bonds. The average molecular weight is 501 g/mol. The lowest BCUT2D eigenvalue weighted by Crippen LogP contribution is -2.24. The van der Waals surface area contributed by atoms with E-state index in [-0.39, 0.29) is 21.6 Å². The number of nitrogens with zero attached hydrogens (tertiary/aromatic N) is 1. The zero-order valence-corrected chi connectivity index (χ0v) is 19.5. The van der Waals surface area contributed by atoms with Crippen LogP contribution in [0.25, 0.3) is 16.7 Å². The van der Waals surface area contributed by atoms with Gasteiger partial charge in [0.2, 0.25) is 0 Å². The molecule has 0 saturated carbocycles. The Bertz CT molecular complexity index is 1640. The van der Waals surface area contributed by atoms with Crippen LogP contribution in [0.5, 0.6) is 11.5 Å². The number of aromatic hydroxyl groups is 1. The molecular weight excluding hydrogens is 483 g/mol. The topological polar surface area (TPSA) is 81.7 Å². The van der Waals surface area contributed by atoms with Gasteiger partial charge in [0.15, 0.2) is 5.75 Å². The first kappa shape index (κ1) is 23.1. The van der Waals surface area contributed by atoms with Crippen molar-refractivity contribution in [2.45, 2.75) is 35.2 Å². The van der Waals surface area contributed by atoms with Crippen LogP contribution in [0.2, 0.25) is 0 Å². The number of pyridine rings is 1. The Labute approximate surface area is 200 Å². The summed E-state index contributed by atoms with van der Waals surface area (Å²) in [5.41, 5.74) is -2.60. The van der Waals surface area contributed by atoms with Crippen LogP contribution in [0.15, 0.2) is 72.3 Å². The Morgan fingerprint density at radius 3 is 2.51 bits per heavy atom. The first-order valence-electron chi connectivity index (χ1n) is 10.4. The van der Waals surface area contributed by atoms with Gasteiger partial charge >= 0.3 is 11.8 Å². The molecule has 180 valence electrons. The van der Waals surface area contributed by atoms with Gasteiger partial charge in [0, 0.05) is 22.1 Å². The Hall–Kier alpha value is -3.66. The summed E-state index contributed by atoms with van der Waals surface area (Å²) in [4.78, 5) is 26.7. The molecule has 10 heteroatoms.